The first-order valence-corrected chi connectivity index (χ1v) is 9.95. The zero-order chi connectivity index (χ0) is 18.9. The van der Waals surface area contributed by atoms with E-state index in [-0.39, 0.29) is 16.5 Å². The van der Waals surface area contributed by atoms with Gasteiger partial charge in [-0.25, -0.2) is 12.8 Å². The number of benzene rings is 2. The van der Waals surface area contributed by atoms with Crippen molar-refractivity contribution in [3.8, 4) is 0 Å². The van der Waals surface area contributed by atoms with Crippen molar-refractivity contribution in [1.82, 2.24) is 4.31 Å². The highest BCUT2D eigenvalue weighted by atomic mass is 35.5. The van der Waals surface area contributed by atoms with Gasteiger partial charge in [-0.1, -0.05) is 29.3 Å². The number of sulfonamides is 1. The number of hydrogen-bond donors (Lipinski definition) is 1. The number of halogens is 2. The number of anilines is 1. The van der Waals surface area contributed by atoms with E-state index in [2.05, 4.69) is 5.32 Å². The van der Waals surface area contributed by atoms with Crippen LogP contribution in [0.3, 0.4) is 0 Å². The molecule has 1 heterocycles. The van der Waals surface area contributed by atoms with Crippen LogP contribution in [0.15, 0.2) is 47.4 Å². The van der Waals surface area contributed by atoms with Crippen LogP contribution in [0.5, 0.6) is 0 Å². The molecule has 1 aliphatic heterocycles. The summed E-state index contributed by atoms with van der Waals surface area (Å²) in [7, 11) is -3.77. The summed E-state index contributed by atoms with van der Waals surface area (Å²) in [6, 6.07) is 9.53. The molecular weight excluding hydrogens is 379 g/mol. The Morgan fingerprint density at radius 1 is 1.23 bits per heavy atom. The van der Waals surface area contributed by atoms with Gasteiger partial charge in [0, 0.05) is 12.2 Å². The van der Waals surface area contributed by atoms with Gasteiger partial charge in [-0.3, -0.25) is 4.79 Å². The van der Waals surface area contributed by atoms with Gasteiger partial charge in [0.05, 0.1) is 9.92 Å². The molecule has 1 amide bonds. The van der Waals surface area contributed by atoms with Crippen molar-refractivity contribution < 1.29 is 17.6 Å². The third-order valence-corrected chi connectivity index (χ3v) is 6.53. The maximum absolute atomic E-state index is 13.2. The first-order valence-electron chi connectivity index (χ1n) is 8.13. The van der Waals surface area contributed by atoms with Crippen molar-refractivity contribution >= 4 is 33.2 Å². The minimum atomic E-state index is -3.77. The van der Waals surface area contributed by atoms with Crippen molar-refractivity contribution in [3.63, 3.8) is 0 Å². The standard InChI is InChI=1S/C18H18ClFN2O3S/c1-12-4-7-14(8-5-12)26(24,25)22-10-2-3-17(22)18(23)21-13-6-9-16(20)15(19)11-13/h4-9,11,17H,2-3,10H2,1H3,(H,21,23). The van der Waals surface area contributed by atoms with Gasteiger partial charge in [0.2, 0.25) is 15.9 Å². The average molecular weight is 397 g/mol. The molecule has 0 spiro atoms. The van der Waals surface area contributed by atoms with Gasteiger partial charge in [0.25, 0.3) is 0 Å². The van der Waals surface area contributed by atoms with Crippen LogP contribution < -0.4 is 5.32 Å². The minimum absolute atomic E-state index is 0.113. The molecule has 2 aromatic carbocycles. The molecule has 1 atom stereocenters. The molecule has 1 fully saturated rings. The summed E-state index contributed by atoms with van der Waals surface area (Å²) >= 11 is 5.72. The zero-order valence-corrected chi connectivity index (χ0v) is 15.6. The van der Waals surface area contributed by atoms with E-state index >= 15 is 0 Å². The van der Waals surface area contributed by atoms with E-state index in [1.165, 1.54) is 28.6 Å². The lowest BCUT2D eigenvalue weighted by molar-refractivity contribution is -0.119. The fraction of sp³-hybridized carbons (Fsp3) is 0.278. The number of carbonyl (C=O) groups excluding carboxylic acids is 1. The Balaban J connectivity index is 1.81. The maximum Gasteiger partial charge on any atom is 0.243 e. The monoisotopic (exact) mass is 396 g/mol. The summed E-state index contributed by atoms with van der Waals surface area (Å²) in [6.07, 6.45) is 1.01. The molecule has 26 heavy (non-hydrogen) atoms. The van der Waals surface area contributed by atoms with Gasteiger partial charge in [-0.15, -0.1) is 0 Å². The molecule has 8 heteroatoms. The smallest absolute Gasteiger partial charge is 0.243 e. The van der Waals surface area contributed by atoms with E-state index in [1.807, 2.05) is 6.92 Å². The summed E-state index contributed by atoms with van der Waals surface area (Å²) in [5.41, 5.74) is 1.27. The summed E-state index contributed by atoms with van der Waals surface area (Å²) in [4.78, 5) is 12.8. The quantitative estimate of drug-likeness (QED) is 0.858. The van der Waals surface area contributed by atoms with Crippen LogP contribution in [0.1, 0.15) is 18.4 Å². The Hall–Kier alpha value is -1.96. The molecule has 2 aromatic rings. The lowest BCUT2D eigenvalue weighted by Crippen LogP contribution is -2.43. The Kier molecular flexibility index (Phi) is 5.32. The van der Waals surface area contributed by atoms with Gasteiger partial charge in [-0.05, 0) is 50.1 Å². The van der Waals surface area contributed by atoms with Crippen LogP contribution in [-0.4, -0.2) is 31.2 Å². The molecule has 5 nitrogen and oxygen atoms in total. The molecule has 0 bridgehead atoms. The Bertz CT molecular complexity index is 932. The molecule has 1 unspecified atom stereocenters. The number of hydrogen-bond acceptors (Lipinski definition) is 3. The van der Waals surface area contributed by atoms with Crippen LogP contribution in [-0.2, 0) is 14.8 Å². The van der Waals surface area contributed by atoms with Crippen LogP contribution in [0, 0.1) is 12.7 Å². The average Bonchev–Trinajstić information content (AvgIpc) is 3.09. The van der Waals surface area contributed by atoms with E-state index in [1.54, 1.807) is 12.1 Å². The van der Waals surface area contributed by atoms with Gasteiger partial charge >= 0.3 is 0 Å². The van der Waals surface area contributed by atoms with E-state index < -0.39 is 27.8 Å². The number of amides is 1. The number of nitrogens with one attached hydrogen (secondary N) is 1. The van der Waals surface area contributed by atoms with Crippen molar-refractivity contribution in [3.05, 3.63) is 58.9 Å². The highest BCUT2D eigenvalue weighted by molar-refractivity contribution is 7.89. The van der Waals surface area contributed by atoms with Crippen LogP contribution in [0.4, 0.5) is 10.1 Å². The van der Waals surface area contributed by atoms with Crippen LogP contribution in [0.25, 0.3) is 0 Å². The van der Waals surface area contributed by atoms with Gasteiger partial charge in [0.15, 0.2) is 0 Å². The molecular formula is C18H18ClFN2O3S. The summed E-state index contributed by atoms with van der Waals surface area (Å²) in [5, 5.41) is 2.51. The van der Waals surface area contributed by atoms with Gasteiger partial charge in [-0.2, -0.15) is 4.31 Å². The second-order valence-corrected chi connectivity index (χ2v) is 8.50. The predicted octanol–water partition coefficient (Wildman–Crippen LogP) is 3.58. The summed E-state index contributed by atoms with van der Waals surface area (Å²) < 4.78 is 40.2. The molecule has 3 rings (SSSR count). The predicted molar refractivity (Wildman–Crippen MR) is 98.1 cm³/mol. The van der Waals surface area contributed by atoms with Crippen molar-refractivity contribution in [1.29, 1.82) is 0 Å². The number of carbonyl (C=O) groups is 1. The van der Waals surface area contributed by atoms with Crippen molar-refractivity contribution in [2.45, 2.75) is 30.7 Å². The van der Waals surface area contributed by atoms with Gasteiger partial charge in [0.1, 0.15) is 11.9 Å². The summed E-state index contributed by atoms with van der Waals surface area (Å²) in [6.45, 7) is 2.15. The molecule has 1 saturated heterocycles. The van der Waals surface area contributed by atoms with Crippen LogP contribution in [0.2, 0.25) is 5.02 Å². The molecule has 1 aliphatic rings. The Morgan fingerprint density at radius 3 is 2.58 bits per heavy atom. The number of rotatable bonds is 4. The maximum atomic E-state index is 13.2. The lowest BCUT2D eigenvalue weighted by atomic mass is 10.2. The SMILES string of the molecule is Cc1ccc(S(=O)(=O)N2CCCC2C(=O)Nc2ccc(F)c(Cl)c2)cc1. The third kappa shape index (κ3) is 3.75. The topological polar surface area (TPSA) is 66.5 Å². The number of aryl methyl sites for hydroxylation is 1. The summed E-state index contributed by atoms with van der Waals surface area (Å²) in [5.74, 6) is -1.05. The van der Waals surface area contributed by atoms with E-state index in [0.29, 0.717) is 18.5 Å². The van der Waals surface area contributed by atoms with Crippen molar-refractivity contribution in [2.24, 2.45) is 0 Å². The normalized spacial score (nSPS) is 18.0. The molecule has 0 radical (unpaired) electrons. The van der Waals surface area contributed by atoms with Gasteiger partial charge < -0.3 is 5.32 Å². The first kappa shape index (κ1) is 18.8. The van der Waals surface area contributed by atoms with E-state index in [0.717, 1.165) is 11.6 Å². The van der Waals surface area contributed by atoms with Crippen LogP contribution >= 0.6 is 11.6 Å². The molecule has 0 saturated carbocycles. The lowest BCUT2D eigenvalue weighted by Gasteiger charge is -2.23. The third-order valence-electron chi connectivity index (χ3n) is 4.32. The second-order valence-electron chi connectivity index (χ2n) is 6.20. The molecule has 0 aliphatic carbocycles. The Morgan fingerprint density at radius 2 is 1.92 bits per heavy atom. The molecule has 138 valence electrons. The second kappa shape index (κ2) is 7.34. The Labute approximate surface area is 156 Å². The fourth-order valence-corrected chi connectivity index (χ4v) is 4.77. The van der Waals surface area contributed by atoms with Crippen molar-refractivity contribution in [2.75, 3.05) is 11.9 Å². The van der Waals surface area contributed by atoms with E-state index in [9.17, 15) is 17.6 Å². The number of nitrogens with zero attached hydrogens (tertiary/aromatic N) is 1. The fourth-order valence-electron chi connectivity index (χ4n) is 2.93. The first-order chi connectivity index (χ1) is 12.3. The molecule has 0 aromatic heterocycles. The zero-order valence-electron chi connectivity index (χ0n) is 14.1. The van der Waals surface area contributed by atoms with E-state index in [4.69, 9.17) is 11.6 Å². The largest absolute Gasteiger partial charge is 0.325 e. The minimum Gasteiger partial charge on any atom is -0.325 e. The highest BCUT2D eigenvalue weighted by Crippen LogP contribution is 2.28. The molecule has 1 N–H and O–H groups in total. The highest BCUT2D eigenvalue weighted by Gasteiger charge is 2.39.